The van der Waals surface area contributed by atoms with Crippen molar-refractivity contribution >= 4 is 68.2 Å². The summed E-state index contributed by atoms with van der Waals surface area (Å²) in [7, 11) is -4.48. The van der Waals surface area contributed by atoms with Gasteiger partial charge in [0, 0.05) is 11.1 Å². The Labute approximate surface area is 528 Å². The number of ketones is 1. The number of benzene rings is 4. The summed E-state index contributed by atoms with van der Waals surface area (Å²) in [6.45, 7) is 27.0. The number of aromatic nitrogens is 8. The van der Waals surface area contributed by atoms with Crippen molar-refractivity contribution in [1.82, 2.24) is 39.0 Å². The first-order valence-electron chi connectivity index (χ1n) is 31.2. The molecule has 2 aliphatic heterocycles. The number of ether oxygens (including phenoxy) is 4. The molecule has 8 aromatic rings. The maximum absolute atomic E-state index is 14.5. The molecule has 4 aliphatic rings. The Morgan fingerprint density at radius 2 is 0.989 bits per heavy atom. The van der Waals surface area contributed by atoms with E-state index in [1.807, 2.05) is 79.7 Å². The maximum Gasteiger partial charge on any atom is 0.256 e. The average molecular weight is 1260 g/mol. The Morgan fingerprint density at radius 1 is 0.578 bits per heavy atom. The molecular formula is C68H84N10O10Si2. The van der Waals surface area contributed by atoms with E-state index in [2.05, 4.69) is 115 Å². The molecule has 4 aromatic heterocycles. The number of anilines is 2. The second-order valence-corrected chi connectivity index (χ2v) is 36.6. The van der Waals surface area contributed by atoms with Crippen LogP contribution in [0.1, 0.15) is 138 Å². The van der Waals surface area contributed by atoms with Crippen LogP contribution < -0.4 is 10.6 Å². The van der Waals surface area contributed by atoms with Gasteiger partial charge >= 0.3 is 0 Å². The van der Waals surface area contributed by atoms with Crippen LogP contribution in [0.2, 0.25) is 36.3 Å². The first kappa shape index (κ1) is 64.3. The van der Waals surface area contributed by atoms with Gasteiger partial charge in [0.1, 0.15) is 36.1 Å². The predicted octanol–water partition coefficient (Wildman–Crippen LogP) is 12.7. The number of rotatable bonds is 20. The van der Waals surface area contributed by atoms with Gasteiger partial charge in [-0.25, -0.2) is 29.9 Å². The molecule has 6 heterocycles. The number of amides is 2. The van der Waals surface area contributed by atoms with Gasteiger partial charge in [0.05, 0.1) is 37.1 Å². The number of Topliss-reactive ketones (excluding diaryl/α,β-unsaturated/α-hetero) is 1. The molecule has 4 fully saturated rings. The van der Waals surface area contributed by atoms with E-state index in [0.717, 1.165) is 36.8 Å². The van der Waals surface area contributed by atoms with Gasteiger partial charge in [-0.15, -0.1) is 0 Å². The van der Waals surface area contributed by atoms with Crippen LogP contribution in [0.5, 0.6) is 0 Å². The SMILES string of the molecule is CC[C@@]1(C2(O[Si](C)(C)C(C)(C)C)CC2)O[C@@H](n2cnc3c(NC(=O)c4ccccc4)ncnc32)C(=O)[C@H]1OCc1ccccc1.CC[C@@]1(C2(O[Si](C)(C)C(C)(C)C)CC2)O[C@@H](n2cnc3c(NC(=O)c4ccccc4)ncnc32)C(O)[C@H]1OCc1ccccc1. The molecule has 22 heteroatoms. The highest BCUT2D eigenvalue weighted by Crippen LogP contribution is 2.63. The van der Waals surface area contributed by atoms with Crippen LogP contribution in [0.4, 0.5) is 11.6 Å². The molecule has 2 saturated heterocycles. The molecule has 7 atom stereocenters. The van der Waals surface area contributed by atoms with E-state index in [-0.39, 0.29) is 45.9 Å². The molecule has 0 bridgehead atoms. The van der Waals surface area contributed by atoms with Crippen molar-refractivity contribution in [2.24, 2.45) is 0 Å². The topological polar surface area (TPSA) is 238 Å². The van der Waals surface area contributed by atoms with E-state index in [9.17, 15) is 19.5 Å². The molecule has 90 heavy (non-hydrogen) atoms. The number of nitrogens with zero attached hydrogens (tertiary/aromatic N) is 8. The first-order valence-corrected chi connectivity index (χ1v) is 37.0. The molecule has 12 rings (SSSR count). The van der Waals surface area contributed by atoms with Crippen molar-refractivity contribution in [2.75, 3.05) is 10.6 Å². The van der Waals surface area contributed by atoms with Crippen LogP contribution in [0.15, 0.2) is 147 Å². The van der Waals surface area contributed by atoms with E-state index in [0.29, 0.717) is 52.9 Å². The van der Waals surface area contributed by atoms with E-state index >= 15 is 0 Å². The number of nitrogens with one attached hydrogen (secondary N) is 2. The fourth-order valence-electron chi connectivity index (χ4n) is 12.3. The lowest BCUT2D eigenvalue weighted by atomic mass is 9.84. The number of imidazole rings is 2. The second-order valence-electron chi connectivity index (χ2n) is 27.2. The third-order valence-electron chi connectivity index (χ3n) is 19.5. The van der Waals surface area contributed by atoms with Gasteiger partial charge in [-0.05, 0) is 110 Å². The Hall–Kier alpha value is -7.26. The van der Waals surface area contributed by atoms with Crippen molar-refractivity contribution in [3.8, 4) is 0 Å². The highest BCUT2D eigenvalue weighted by molar-refractivity contribution is 6.74. The van der Waals surface area contributed by atoms with Gasteiger partial charge in [0.25, 0.3) is 11.8 Å². The molecular weight excluding hydrogens is 1170 g/mol. The highest BCUT2D eigenvalue weighted by Gasteiger charge is 2.74. The third-order valence-corrected chi connectivity index (χ3v) is 28.5. The quantitative estimate of drug-likeness (QED) is 0.0601. The molecule has 3 N–H and O–H groups in total. The smallest absolute Gasteiger partial charge is 0.256 e. The molecule has 4 aromatic carbocycles. The van der Waals surface area contributed by atoms with E-state index < -0.39 is 69.8 Å². The molecule has 2 saturated carbocycles. The third kappa shape index (κ3) is 12.0. The second kappa shape index (κ2) is 24.7. The molecule has 474 valence electrons. The van der Waals surface area contributed by atoms with Crippen molar-refractivity contribution in [2.45, 2.75) is 197 Å². The minimum Gasteiger partial charge on any atom is -0.408 e. The van der Waals surface area contributed by atoms with Crippen LogP contribution in [-0.2, 0) is 45.8 Å². The van der Waals surface area contributed by atoms with Crippen LogP contribution in [-0.4, -0.2) is 119 Å². The van der Waals surface area contributed by atoms with E-state index in [1.165, 1.54) is 19.0 Å². The molecule has 0 spiro atoms. The molecule has 2 amide bonds. The lowest BCUT2D eigenvalue weighted by molar-refractivity contribution is -0.184. The molecule has 2 aliphatic carbocycles. The lowest BCUT2D eigenvalue weighted by Crippen LogP contribution is -2.60. The van der Waals surface area contributed by atoms with Crippen LogP contribution >= 0.6 is 0 Å². The Morgan fingerprint density at radius 3 is 1.42 bits per heavy atom. The van der Waals surface area contributed by atoms with Crippen molar-refractivity contribution in [1.29, 1.82) is 0 Å². The number of aliphatic hydroxyl groups excluding tert-OH is 1. The number of hydrogen-bond acceptors (Lipinski definition) is 16. The van der Waals surface area contributed by atoms with Crippen LogP contribution in [0.3, 0.4) is 0 Å². The normalized spacial score (nSPS) is 23.7. The Balaban J connectivity index is 0.000000185. The monoisotopic (exact) mass is 1260 g/mol. The number of carbonyl (C=O) groups is 3. The Bertz CT molecular complexity index is 3850. The number of hydrogen-bond donors (Lipinski definition) is 3. The van der Waals surface area contributed by atoms with Crippen LogP contribution in [0, 0.1) is 0 Å². The minimum atomic E-state index is -2.26. The Kier molecular flexibility index (Phi) is 17.7. The summed E-state index contributed by atoms with van der Waals surface area (Å²) in [4.78, 5) is 67.0. The summed E-state index contributed by atoms with van der Waals surface area (Å²) >= 11 is 0. The zero-order valence-corrected chi connectivity index (χ0v) is 55.6. The zero-order valence-electron chi connectivity index (χ0n) is 53.6. The standard InChI is InChI=1S/C34H43N5O5Si.C34H41N5O5Si/c2*1-7-34(33(18-19-33)44-45(5,6)32(2,3)4)27(42-20-23-14-10-8-11-15-23)26(40)31(43-34)39-22-37-25-28(35-21-36-29(25)39)38-30(41)24-16-12-9-13-17-24/h8-17,21-22,26-27,31,40H,7,18-20H2,1-6H3,(H,35,36,38,41);8-17,21-22,27,31H,7,18-20H2,1-6H3,(H,35,36,38,41)/t26?,27-,31-,34-;27-,31-,34-/m11/s1. The lowest BCUT2D eigenvalue weighted by Gasteiger charge is -2.47. The highest BCUT2D eigenvalue weighted by atomic mass is 28.4. The summed E-state index contributed by atoms with van der Waals surface area (Å²) in [6, 6.07) is 37.6. The van der Waals surface area contributed by atoms with E-state index in [1.54, 1.807) is 64.0 Å². The van der Waals surface area contributed by atoms with Gasteiger partial charge in [-0.1, -0.05) is 152 Å². The number of fused-ring (bicyclic) bond motifs is 2. The minimum absolute atomic E-state index is 0.00735. The summed E-state index contributed by atoms with van der Waals surface area (Å²) in [6.07, 6.45) is 5.60. The summed E-state index contributed by atoms with van der Waals surface area (Å²) in [5.74, 6) is -0.322. The average Bonchev–Trinajstić information content (AvgIpc) is 1.54. The van der Waals surface area contributed by atoms with Gasteiger partial charge in [-0.3, -0.25) is 23.5 Å². The largest absolute Gasteiger partial charge is 0.408 e. The van der Waals surface area contributed by atoms with Crippen molar-refractivity contribution in [3.63, 3.8) is 0 Å². The fourth-order valence-corrected chi connectivity index (χ4v) is 15.6. The predicted molar refractivity (Wildman–Crippen MR) is 347 cm³/mol. The van der Waals surface area contributed by atoms with Crippen LogP contribution in [0.25, 0.3) is 22.3 Å². The van der Waals surface area contributed by atoms with E-state index in [4.69, 9.17) is 27.8 Å². The molecule has 0 radical (unpaired) electrons. The van der Waals surface area contributed by atoms with Gasteiger partial charge in [0.2, 0.25) is 5.78 Å². The summed E-state index contributed by atoms with van der Waals surface area (Å²) in [5.41, 5.74) is 1.32. The molecule has 20 nitrogen and oxygen atoms in total. The number of carbonyl (C=O) groups excluding carboxylic acids is 3. The number of aliphatic hydroxyl groups is 1. The van der Waals surface area contributed by atoms with Gasteiger partial charge < -0.3 is 43.5 Å². The summed E-state index contributed by atoms with van der Waals surface area (Å²) < 4.78 is 44.8. The van der Waals surface area contributed by atoms with Gasteiger partial charge in [0.15, 0.2) is 69.2 Å². The summed E-state index contributed by atoms with van der Waals surface area (Å²) in [5, 5.41) is 17.7. The van der Waals surface area contributed by atoms with Gasteiger partial charge in [-0.2, -0.15) is 0 Å². The van der Waals surface area contributed by atoms with Crippen molar-refractivity contribution in [3.05, 3.63) is 169 Å². The molecule has 1 unspecified atom stereocenters. The van der Waals surface area contributed by atoms with Crippen molar-refractivity contribution < 1.29 is 47.3 Å². The maximum atomic E-state index is 14.5. The zero-order chi connectivity index (χ0) is 64.1. The fraction of sp³-hybridized carbons (Fsp3) is 0.456. The first-order chi connectivity index (χ1) is 42.8.